The highest BCUT2D eigenvalue weighted by Gasteiger charge is 2.09. The Bertz CT molecular complexity index is 912. The van der Waals surface area contributed by atoms with Gasteiger partial charge in [0.1, 0.15) is 17.2 Å². The number of amides is 1. The second kappa shape index (κ2) is 9.32. The minimum Gasteiger partial charge on any atom is -0.497 e. The molecule has 3 aromatic carbocycles. The van der Waals surface area contributed by atoms with Gasteiger partial charge in [-0.1, -0.05) is 18.2 Å². The molecule has 0 atom stereocenters. The molecule has 0 bridgehead atoms. The van der Waals surface area contributed by atoms with E-state index < -0.39 is 0 Å². The summed E-state index contributed by atoms with van der Waals surface area (Å²) in [5.74, 6) is 1.49. The third kappa shape index (κ3) is 5.17. The van der Waals surface area contributed by atoms with E-state index in [-0.39, 0.29) is 12.5 Å². The monoisotopic (exact) mass is 378 g/mol. The molecule has 144 valence electrons. The maximum atomic E-state index is 12.2. The van der Waals surface area contributed by atoms with Crippen LogP contribution >= 0.6 is 0 Å². The van der Waals surface area contributed by atoms with E-state index in [2.05, 4.69) is 10.6 Å². The summed E-state index contributed by atoms with van der Waals surface area (Å²) < 4.78 is 16.0. The molecule has 6 nitrogen and oxygen atoms in total. The first-order valence-electron chi connectivity index (χ1n) is 8.75. The van der Waals surface area contributed by atoms with Gasteiger partial charge >= 0.3 is 0 Å². The van der Waals surface area contributed by atoms with E-state index in [1.54, 1.807) is 25.3 Å². The fraction of sp³-hybridized carbons (Fsp3) is 0.136. The lowest BCUT2D eigenvalue weighted by molar-refractivity contribution is -0.118. The molecular formula is C22H22N2O4. The highest BCUT2D eigenvalue weighted by molar-refractivity contribution is 5.93. The summed E-state index contributed by atoms with van der Waals surface area (Å²) in [6.07, 6.45) is 0. The van der Waals surface area contributed by atoms with E-state index in [1.807, 2.05) is 54.6 Å². The smallest absolute Gasteiger partial charge is 0.262 e. The number of hydrogen-bond acceptors (Lipinski definition) is 5. The number of carbonyl (C=O) groups is 1. The van der Waals surface area contributed by atoms with Crippen LogP contribution in [0.2, 0.25) is 0 Å². The molecule has 0 aliphatic rings. The van der Waals surface area contributed by atoms with Gasteiger partial charge in [-0.25, -0.2) is 0 Å². The zero-order valence-corrected chi connectivity index (χ0v) is 15.8. The van der Waals surface area contributed by atoms with Crippen molar-refractivity contribution in [1.82, 2.24) is 0 Å². The van der Waals surface area contributed by atoms with Crippen LogP contribution in [0.15, 0.2) is 72.8 Å². The maximum absolute atomic E-state index is 12.2. The number of rotatable bonds is 8. The van der Waals surface area contributed by atoms with Gasteiger partial charge in [-0.3, -0.25) is 4.79 Å². The Morgan fingerprint density at radius 1 is 0.821 bits per heavy atom. The lowest BCUT2D eigenvalue weighted by atomic mass is 10.2. The first-order valence-corrected chi connectivity index (χ1v) is 8.75. The highest BCUT2D eigenvalue weighted by Crippen LogP contribution is 2.29. The van der Waals surface area contributed by atoms with Crippen molar-refractivity contribution in [3.63, 3.8) is 0 Å². The maximum Gasteiger partial charge on any atom is 0.262 e. The quantitative estimate of drug-likeness (QED) is 0.605. The second-order valence-corrected chi connectivity index (χ2v) is 5.92. The van der Waals surface area contributed by atoms with Gasteiger partial charge in [0, 0.05) is 17.4 Å². The van der Waals surface area contributed by atoms with Crippen LogP contribution in [0.5, 0.6) is 17.2 Å². The molecule has 6 heteroatoms. The summed E-state index contributed by atoms with van der Waals surface area (Å²) in [5, 5.41) is 6.06. The fourth-order valence-electron chi connectivity index (χ4n) is 2.56. The Kier molecular flexibility index (Phi) is 6.36. The minimum absolute atomic E-state index is 0.110. The van der Waals surface area contributed by atoms with Gasteiger partial charge in [-0.15, -0.1) is 0 Å². The standard InChI is InChI=1S/C22H22N2O4/c1-26-19-12-13-20(21(14-19)27-2)24-22(25)15-28-18-10-8-17(9-11-18)23-16-6-4-3-5-7-16/h3-14,23H,15H2,1-2H3,(H,24,25). The molecule has 0 spiro atoms. The Morgan fingerprint density at radius 2 is 1.50 bits per heavy atom. The van der Waals surface area contributed by atoms with Crippen LogP contribution in [0, 0.1) is 0 Å². The summed E-state index contributed by atoms with van der Waals surface area (Å²) in [6.45, 7) is -0.110. The average molecular weight is 378 g/mol. The zero-order chi connectivity index (χ0) is 19.8. The molecule has 0 aromatic heterocycles. The lowest BCUT2D eigenvalue weighted by Crippen LogP contribution is -2.20. The molecule has 0 unspecified atom stereocenters. The van der Waals surface area contributed by atoms with Crippen molar-refractivity contribution in [1.29, 1.82) is 0 Å². The normalized spacial score (nSPS) is 10.1. The number of ether oxygens (including phenoxy) is 3. The second-order valence-electron chi connectivity index (χ2n) is 5.92. The van der Waals surface area contributed by atoms with Crippen LogP contribution in [-0.2, 0) is 4.79 Å². The van der Waals surface area contributed by atoms with Gasteiger partial charge in [0.2, 0.25) is 0 Å². The van der Waals surface area contributed by atoms with Gasteiger partial charge in [0.25, 0.3) is 5.91 Å². The zero-order valence-electron chi connectivity index (χ0n) is 15.8. The molecule has 3 aromatic rings. The van der Waals surface area contributed by atoms with E-state index in [1.165, 1.54) is 7.11 Å². The van der Waals surface area contributed by atoms with Crippen LogP contribution in [-0.4, -0.2) is 26.7 Å². The van der Waals surface area contributed by atoms with Crippen molar-refractivity contribution in [2.45, 2.75) is 0 Å². The average Bonchev–Trinajstić information content (AvgIpc) is 2.74. The third-order valence-corrected chi connectivity index (χ3v) is 3.97. The van der Waals surface area contributed by atoms with Crippen molar-refractivity contribution < 1.29 is 19.0 Å². The Labute approximate surface area is 164 Å². The Balaban J connectivity index is 1.53. The molecule has 0 heterocycles. The fourth-order valence-corrected chi connectivity index (χ4v) is 2.56. The molecular weight excluding hydrogens is 356 g/mol. The summed E-state index contributed by atoms with van der Waals surface area (Å²) in [6, 6.07) is 22.5. The molecule has 0 radical (unpaired) electrons. The molecule has 0 fully saturated rings. The highest BCUT2D eigenvalue weighted by atomic mass is 16.5. The van der Waals surface area contributed by atoms with Gasteiger partial charge in [-0.2, -0.15) is 0 Å². The van der Waals surface area contributed by atoms with Gasteiger partial charge in [0.15, 0.2) is 6.61 Å². The minimum atomic E-state index is -0.282. The molecule has 0 aliphatic carbocycles. The van der Waals surface area contributed by atoms with Crippen LogP contribution in [0.3, 0.4) is 0 Å². The number of carbonyl (C=O) groups excluding carboxylic acids is 1. The first-order chi connectivity index (χ1) is 13.7. The predicted molar refractivity (Wildman–Crippen MR) is 110 cm³/mol. The van der Waals surface area contributed by atoms with Crippen LogP contribution in [0.25, 0.3) is 0 Å². The van der Waals surface area contributed by atoms with E-state index in [0.29, 0.717) is 22.9 Å². The number of nitrogens with one attached hydrogen (secondary N) is 2. The van der Waals surface area contributed by atoms with Crippen LogP contribution in [0.1, 0.15) is 0 Å². The molecule has 1 amide bonds. The van der Waals surface area contributed by atoms with Gasteiger partial charge in [0.05, 0.1) is 19.9 Å². The summed E-state index contributed by atoms with van der Waals surface area (Å²) in [7, 11) is 3.10. The number of hydrogen-bond donors (Lipinski definition) is 2. The molecule has 0 aliphatic heterocycles. The number of methoxy groups -OCH3 is 2. The molecule has 2 N–H and O–H groups in total. The number of anilines is 3. The van der Waals surface area contributed by atoms with Crippen molar-refractivity contribution in [2.75, 3.05) is 31.5 Å². The van der Waals surface area contributed by atoms with Crippen molar-refractivity contribution in [3.8, 4) is 17.2 Å². The van der Waals surface area contributed by atoms with Crippen molar-refractivity contribution in [3.05, 3.63) is 72.8 Å². The molecule has 0 saturated heterocycles. The van der Waals surface area contributed by atoms with Crippen molar-refractivity contribution >= 4 is 23.0 Å². The Morgan fingerprint density at radius 3 is 2.18 bits per heavy atom. The predicted octanol–water partition coefficient (Wildman–Crippen LogP) is 4.46. The van der Waals surface area contributed by atoms with E-state index in [4.69, 9.17) is 14.2 Å². The molecule has 3 rings (SSSR count). The molecule has 28 heavy (non-hydrogen) atoms. The summed E-state index contributed by atoms with van der Waals surface area (Å²) >= 11 is 0. The summed E-state index contributed by atoms with van der Waals surface area (Å²) in [4.78, 5) is 12.2. The Hall–Kier alpha value is -3.67. The van der Waals surface area contributed by atoms with Gasteiger partial charge < -0.3 is 24.8 Å². The van der Waals surface area contributed by atoms with Crippen molar-refractivity contribution in [2.24, 2.45) is 0 Å². The van der Waals surface area contributed by atoms with Crippen LogP contribution in [0.4, 0.5) is 17.1 Å². The van der Waals surface area contributed by atoms with Gasteiger partial charge in [-0.05, 0) is 48.5 Å². The van der Waals surface area contributed by atoms with E-state index in [9.17, 15) is 4.79 Å². The van der Waals surface area contributed by atoms with E-state index >= 15 is 0 Å². The largest absolute Gasteiger partial charge is 0.497 e. The third-order valence-electron chi connectivity index (χ3n) is 3.97. The summed E-state index contributed by atoms with van der Waals surface area (Å²) in [5.41, 5.74) is 2.49. The molecule has 0 saturated carbocycles. The number of benzene rings is 3. The lowest BCUT2D eigenvalue weighted by Gasteiger charge is -2.12. The topological polar surface area (TPSA) is 68.8 Å². The SMILES string of the molecule is COc1ccc(NC(=O)COc2ccc(Nc3ccccc3)cc2)c(OC)c1. The first kappa shape index (κ1) is 19.1. The number of para-hydroxylation sites is 1. The van der Waals surface area contributed by atoms with Crippen LogP contribution < -0.4 is 24.8 Å². The van der Waals surface area contributed by atoms with E-state index in [0.717, 1.165) is 11.4 Å².